The predicted molar refractivity (Wildman–Crippen MR) is 64.4 cm³/mol. The quantitative estimate of drug-likeness (QED) is 0.718. The van der Waals surface area contributed by atoms with Crippen LogP contribution in [0.3, 0.4) is 0 Å². The molecule has 0 aromatic rings. The SMILES string of the molecule is COCCNC1CCCC2(O)CCCCC12. The highest BCUT2D eigenvalue weighted by atomic mass is 16.5. The van der Waals surface area contributed by atoms with Gasteiger partial charge in [-0.15, -0.1) is 0 Å². The van der Waals surface area contributed by atoms with Crippen molar-refractivity contribution in [2.24, 2.45) is 5.92 Å². The number of nitrogens with one attached hydrogen (secondary N) is 1. The summed E-state index contributed by atoms with van der Waals surface area (Å²) in [5.74, 6) is 0.479. The standard InChI is InChI=1S/C13H25NO2/c1-16-10-9-14-12-6-4-8-13(15)7-3-2-5-11(12)13/h11-12,14-15H,2-10H2,1H3. The summed E-state index contributed by atoms with van der Waals surface area (Å²) < 4.78 is 5.07. The first-order valence-corrected chi connectivity index (χ1v) is 6.71. The van der Waals surface area contributed by atoms with Gasteiger partial charge >= 0.3 is 0 Å². The van der Waals surface area contributed by atoms with Gasteiger partial charge in [-0.25, -0.2) is 0 Å². The van der Waals surface area contributed by atoms with E-state index in [0.29, 0.717) is 12.0 Å². The van der Waals surface area contributed by atoms with E-state index >= 15 is 0 Å². The number of rotatable bonds is 4. The Labute approximate surface area is 98.6 Å². The molecule has 94 valence electrons. The maximum absolute atomic E-state index is 10.6. The Morgan fingerprint density at radius 3 is 2.88 bits per heavy atom. The number of ether oxygens (including phenoxy) is 1. The Morgan fingerprint density at radius 1 is 1.25 bits per heavy atom. The third-order valence-electron chi connectivity index (χ3n) is 4.39. The highest BCUT2D eigenvalue weighted by Gasteiger charge is 2.45. The number of methoxy groups -OCH3 is 1. The van der Waals surface area contributed by atoms with Crippen LogP contribution in [0.4, 0.5) is 0 Å². The zero-order valence-electron chi connectivity index (χ0n) is 10.4. The Balaban J connectivity index is 1.91. The van der Waals surface area contributed by atoms with Crippen LogP contribution in [-0.4, -0.2) is 37.0 Å². The molecule has 3 nitrogen and oxygen atoms in total. The van der Waals surface area contributed by atoms with Crippen LogP contribution in [0.5, 0.6) is 0 Å². The van der Waals surface area contributed by atoms with Gasteiger partial charge in [0.25, 0.3) is 0 Å². The fourth-order valence-electron chi connectivity index (χ4n) is 3.56. The molecule has 2 N–H and O–H groups in total. The predicted octanol–water partition coefficient (Wildman–Crippen LogP) is 1.70. The number of fused-ring (bicyclic) bond motifs is 1. The highest BCUT2D eigenvalue weighted by Crippen LogP contribution is 2.43. The molecule has 2 saturated carbocycles. The van der Waals surface area contributed by atoms with Gasteiger partial charge < -0.3 is 15.2 Å². The van der Waals surface area contributed by atoms with E-state index in [9.17, 15) is 5.11 Å². The largest absolute Gasteiger partial charge is 0.390 e. The summed E-state index contributed by atoms with van der Waals surface area (Å²) in [6.45, 7) is 1.68. The molecule has 2 fully saturated rings. The van der Waals surface area contributed by atoms with Gasteiger partial charge in [0.1, 0.15) is 0 Å². The minimum atomic E-state index is -0.360. The van der Waals surface area contributed by atoms with E-state index < -0.39 is 0 Å². The monoisotopic (exact) mass is 227 g/mol. The number of hydrogen-bond acceptors (Lipinski definition) is 3. The second-order valence-electron chi connectivity index (χ2n) is 5.40. The van der Waals surface area contributed by atoms with Crippen LogP contribution in [0.1, 0.15) is 44.9 Å². The first-order valence-electron chi connectivity index (χ1n) is 6.71. The van der Waals surface area contributed by atoms with Crippen molar-refractivity contribution in [1.29, 1.82) is 0 Å². The Hall–Kier alpha value is -0.120. The molecule has 2 rings (SSSR count). The third kappa shape index (κ3) is 2.58. The lowest BCUT2D eigenvalue weighted by Crippen LogP contribution is -2.54. The summed E-state index contributed by atoms with van der Waals surface area (Å²) >= 11 is 0. The van der Waals surface area contributed by atoms with Gasteiger partial charge in [0, 0.05) is 25.6 Å². The fraction of sp³-hybridized carbons (Fsp3) is 1.00. The molecule has 0 aromatic heterocycles. The van der Waals surface area contributed by atoms with Crippen molar-refractivity contribution >= 4 is 0 Å². The van der Waals surface area contributed by atoms with E-state index in [-0.39, 0.29) is 5.60 Å². The summed E-state index contributed by atoms with van der Waals surface area (Å²) in [7, 11) is 1.74. The zero-order valence-corrected chi connectivity index (χ0v) is 10.4. The van der Waals surface area contributed by atoms with E-state index in [1.807, 2.05) is 0 Å². The van der Waals surface area contributed by atoms with Gasteiger partial charge in [0.2, 0.25) is 0 Å². The third-order valence-corrected chi connectivity index (χ3v) is 4.39. The van der Waals surface area contributed by atoms with Crippen molar-refractivity contribution in [3.8, 4) is 0 Å². The summed E-state index contributed by atoms with van der Waals surface area (Å²) in [6.07, 6.45) is 8.10. The summed E-state index contributed by atoms with van der Waals surface area (Å²) in [4.78, 5) is 0. The highest BCUT2D eigenvalue weighted by molar-refractivity contribution is 4.99. The summed E-state index contributed by atoms with van der Waals surface area (Å²) in [5.41, 5.74) is -0.360. The minimum Gasteiger partial charge on any atom is -0.390 e. The number of aliphatic hydroxyl groups is 1. The summed E-state index contributed by atoms with van der Waals surface area (Å²) in [5, 5.41) is 14.2. The second-order valence-corrected chi connectivity index (χ2v) is 5.40. The van der Waals surface area contributed by atoms with Gasteiger partial charge in [0.15, 0.2) is 0 Å². The van der Waals surface area contributed by atoms with Crippen LogP contribution >= 0.6 is 0 Å². The normalized spacial score (nSPS) is 39.4. The maximum atomic E-state index is 10.6. The zero-order chi connectivity index (χ0) is 11.4. The average Bonchev–Trinajstić information content (AvgIpc) is 2.29. The van der Waals surface area contributed by atoms with E-state index in [4.69, 9.17) is 4.74 Å². The van der Waals surface area contributed by atoms with Crippen molar-refractivity contribution in [2.75, 3.05) is 20.3 Å². The van der Waals surface area contributed by atoms with Crippen molar-refractivity contribution < 1.29 is 9.84 Å². The molecule has 0 radical (unpaired) electrons. The molecule has 2 aliphatic carbocycles. The maximum Gasteiger partial charge on any atom is 0.0690 e. The molecule has 0 heterocycles. The van der Waals surface area contributed by atoms with Gasteiger partial charge in [-0.2, -0.15) is 0 Å². The lowest BCUT2D eigenvalue weighted by atomic mass is 9.65. The van der Waals surface area contributed by atoms with Crippen molar-refractivity contribution in [2.45, 2.75) is 56.6 Å². The average molecular weight is 227 g/mol. The van der Waals surface area contributed by atoms with Crippen molar-refractivity contribution in [1.82, 2.24) is 5.32 Å². The molecule has 2 aliphatic rings. The number of hydrogen-bond donors (Lipinski definition) is 2. The first-order chi connectivity index (χ1) is 7.76. The lowest BCUT2D eigenvalue weighted by Gasteiger charge is -2.48. The Kier molecular flexibility index (Phi) is 4.22. The van der Waals surface area contributed by atoms with E-state index in [0.717, 1.165) is 32.4 Å². The smallest absolute Gasteiger partial charge is 0.0690 e. The summed E-state index contributed by atoms with van der Waals surface area (Å²) in [6, 6.07) is 0.509. The molecule has 16 heavy (non-hydrogen) atoms. The van der Waals surface area contributed by atoms with Crippen LogP contribution in [-0.2, 0) is 4.74 Å². The second kappa shape index (κ2) is 5.48. The molecule has 0 spiro atoms. The molecular formula is C13H25NO2. The van der Waals surface area contributed by atoms with Crippen molar-refractivity contribution in [3.05, 3.63) is 0 Å². The van der Waals surface area contributed by atoms with E-state index in [2.05, 4.69) is 5.32 Å². The lowest BCUT2D eigenvalue weighted by molar-refractivity contribution is -0.0883. The molecule has 3 atom stereocenters. The van der Waals surface area contributed by atoms with E-state index in [1.54, 1.807) is 7.11 Å². The molecule has 0 aliphatic heterocycles. The fourth-order valence-corrected chi connectivity index (χ4v) is 3.56. The van der Waals surface area contributed by atoms with Gasteiger partial charge in [-0.3, -0.25) is 0 Å². The first kappa shape index (κ1) is 12.3. The van der Waals surface area contributed by atoms with E-state index in [1.165, 1.54) is 25.7 Å². The van der Waals surface area contributed by atoms with Crippen LogP contribution in [0.2, 0.25) is 0 Å². The minimum absolute atomic E-state index is 0.360. The van der Waals surface area contributed by atoms with Crippen LogP contribution in [0.25, 0.3) is 0 Å². The Bertz CT molecular complexity index is 218. The van der Waals surface area contributed by atoms with Crippen molar-refractivity contribution in [3.63, 3.8) is 0 Å². The topological polar surface area (TPSA) is 41.5 Å². The molecule has 0 saturated heterocycles. The molecule has 0 aromatic carbocycles. The van der Waals surface area contributed by atoms with Crippen LogP contribution in [0, 0.1) is 5.92 Å². The molecule has 3 unspecified atom stereocenters. The van der Waals surface area contributed by atoms with Crippen LogP contribution in [0.15, 0.2) is 0 Å². The van der Waals surface area contributed by atoms with Gasteiger partial charge in [-0.1, -0.05) is 12.8 Å². The van der Waals surface area contributed by atoms with Gasteiger partial charge in [0.05, 0.1) is 12.2 Å². The Morgan fingerprint density at radius 2 is 2.06 bits per heavy atom. The molecule has 0 amide bonds. The molecule has 0 bridgehead atoms. The molecular weight excluding hydrogens is 202 g/mol. The van der Waals surface area contributed by atoms with Gasteiger partial charge in [-0.05, 0) is 32.1 Å². The van der Waals surface area contributed by atoms with Crippen LogP contribution < -0.4 is 5.32 Å². The molecule has 3 heteroatoms.